The third-order valence-corrected chi connectivity index (χ3v) is 4.37. The highest BCUT2D eigenvalue weighted by Gasteiger charge is 2.20. The van der Waals surface area contributed by atoms with Gasteiger partial charge in [-0.1, -0.05) is 61.0 Å². The summed E-state index contributed by atoms with van der Waals surface area (Å²) in [6.45, 7) is 6.48. The first-order chi connectivity index (χ1) is 9.91. The Bertz CT molecular complexity index is 835. The standard InChI is InChI=1S/C17H18BrN3/c1-17(2,3)13-8-10-9-14(18)11-6-4-5-7-12(11)15(10)20-16(13)21-19/h4-9H,19H2,1-3H3,(H,20,21). The third kappa shape index (κ3) is 2.39. The van der Waals surface area contributed by atoms with Crippen LogP contribution in [0.2, 0.25) is 0 Å². The highest BCUT2D eigenvalue weighted by molar-refractivity contribution is 9.10. The summed E-state index contributed by atoms with van der Waals surface area (Å²) in [6.07, 6.45) is 0. The van der Waals surface area contributed by atoms with Crippen LogP contribution >= 0.6 is 15.9 Å². The third-order valence-electron chi connectivity index (χ3n) is 3.72. The van der Waals surface area contributed by atoms with Crippen LogP contribution in [-0.2, 0) is 5.41 Å². The number of nitrogens with two attached hydrogens (primary N) is 1. The van der Waals surface area contributed by atoms with Gasteiger partial charge in [-0.25, -0.2) is 10.8 Å². The minimum absolute atomic E-state index is 0.0268. The predicted molar refractivity (Wildman–Crippen MR) is 93.5 cm³/mol. The van der Waals surface area contributed by atoms with Crippen molar-refractivity contribution in [3.05, 3.63) is 46.4 Å². The Labute approximate surface area is 132 Å². The second-order valence-electron chi connectivity index (χ2n) is 6.25. The number of nitrogens with zero attached hydrogens (tertiary/aromatic N) is 1. The molecule has 2 aromatic carbocycles. The van der Waals surface area contributed by atoms with Crippen LogP contribution in [0.15, 0.2) is 40.9 Å². The van der Waals surface area contributed by atoms with Crippen LogP contribution < -0.4 is 11.3 Å². The first-order valence-electron chi connectivity index (χ1n) is 6.91. The SMILES string of the molecule is CC(C)(C)c1cc2cc(Br)c3ccccc3c2nc1NN. The zero-order valence-corrected chi connectivity index (χ0v) is 14.0. The van der Waals surface area contributed by atoms with Crippen molar-refractivity contribution in [2.75, 3.05) is 5.43 Å². The number of pyridine rings is 1. The first-order valence-corrected chi connectivity index (χ1v) is 7.70. The fraction of sp³-hybridized carbons (Fsp3) is 0.235. The van der Waals surface area contributed by atoms with Gasteiger partial charge in [0.05, 0.1) is 5.52 Å². The normalized spacial score (nSPS) is 12.0. The van der Waals surface area contributed by atoms with E-state index in [4.69, 9.17) is 10.8 Å². The van der Waals surface area contributed by atoms with Crippen LogP contribution in [-0.4, -0.2) is 4.98 Å². The maximum absolute atomic E-state index is 5.69. The number of nitrogens with one attached hydrogen (secondary N) is 1. The molecule has 0 aliphatic heterocycles. The van der Waals surface area contributed by atoms with Gasteiger partial charge in [-0.05, 0) is 22.9 Å². The van der Waals surface area contributed by atoms with E-state index in [0.717, 1.165) is 37.5 Å². The molecule has 0 aliphatic carbocycles. The second-order valence-corrected chi connectivity index (χ2v) is 7.11. The van der Waals surface area contributed by atoms with E-state index in [-0.39, 0.29) is 5.41 Å². The van der Waals surface area contributed by atoms with Crippen LogP contribution in [0.3, 0.4) is 0 Å². The van der Waals surface area contributed by atoms with Gasteiger partial charge in [0, 0.05) is 20.8 Å². The van der Waals surface area contributed by atoms with Gasteiger partial charge in [-0.3, -0.25) is 0 Å². The smallest absolute Gasteiger partial charge is 0.144 e. The van der Waals surface area contributed by atoms with Gasteiger partial charge in [0.2, 0.25) is 0 Å². The zero-order chi connectivity index (χ0) is 15.2. The Balaban J connectivity index is 2.46. The van der Waals surface area contributed by atoms with Crippen molar-refractivity contribution in [2.24, 2.45) is 5.84 Å². The Hall–Kier alpha value is -1.65. The van der Waals surface area contributed by atoms with Crippen molar-refractivity contribution in [3.63, 3.8) is 0 Å². The lowest BCUT2D eigenvalue weighted by molar-refractivity contribution is 0.590. The monoisotopic (exact) mass is 343 g/mol. The number of halogens is 1. The Morgan fingerprint density at radius 3 is 2.38 bits per heavy atom. The molecule has 0 bridgehead atoms. The van der Waals surface area contributed by atoms with Crippen LogP contribution in [0.25, 0.3) is 21.7 Å². The number of hydrogen-bond donors (Lipinski definition) is 2. The molecule has 0 saturated heterocycles. The minimum Gasteiger partial charge on any atom is -0.308 e. The maximum atomic E-state index is 5.69. The van der Waals surface area contributed by atoms with Gasteiger partial charge in [0.15, 0.2) is 0 Å². The number of fused-ring (bicyclic) bond motifs is 3. The summed E-state index contributed by atoms with van der Waals surface area (Å²) in [5.74, 6) is 6.43. The summed E-state index contributed by atoms with van der Waals surface area (Å²) in [5.41, 5.74) is 4.80. The number of aromatic nitrogens is 1. The predicted octanol–water partition coefficient (Wildman–Crippen LogP) is 4.73. The summed E-state index contributed by atoms with van der Waals surface area (Å²) in [6, 6.07) is 12.5. The minimum atomic E-state index is -0.0268. The van der Waals surface area contributed by atoms with E-state index < -0.39 is 0 Å². The molecule has 108 valence electrons. The lowest BCUT2D eigenvalue weighted by Crippen LogP contribution is -2.19. The average molecular weight is 344 g/mol. The molecule has 4 heteroatoms. The fourth-order valence-corrected chi connectivity index (χ4v) is 3.24. The quantitative estimate of drug-likeness (QED) is 0.381. The number of benzene rings is 2. The average Bonchev–Trinajstić information content (AvgIpc) is 2.45. The van der Waals surface area contributed by atoms with E-state index in [0.29, 0.717) is 0 Å². The highest BCUT2D eigenvalue weighted by atomic mass is 79.9. The molecule has 0 saturated carbocycles. The first kappa shape index (κ1) is 14.3. The number of hydrogen-bond acceptors (Lipinski definition) is 3. The fourth-order valence-electron chi connectivity index (χ4n) is 2.65. The molecule has 0 spiro atoms. The van der Waals surface area contributed by atoms with Crippen molar-refractivity contribution >= 4 is 43.4 Å². The van der Waals surface area contributed by atoms with E-state index in [2.05, 4.69) is 66.4 Å². The summed E-state index contributed by atoms with van der Waals surface area (Å²) >= 11 is 3.66. The molecule has 3 rings (SSSR count). The van der Waals surface area contributed by atoms with Gasteiger partial charge in [-0.15, -0.1) is 0 Å². The van der Waals surface area contributed by atoms with Crippen molar-refractivity contribution in [1.82, 2.24) is 4.98 Å². The van der Waals surface area contributed by atoms with Crippen LogP contribution in [0.1, 0.15) is 26.3 Å². The molecule has 21 heavy (non-hydrogen) atoms. The van der Waals surface area contributed by atoms with Crippen LogP contribution in [0, 0.1) is 0 Å². The van der Waals surface area contributed by atoms with Crippen molar-refractivity contribution < 1.29 is 0 Å². The molecule has 3 nitrogen and oxygen atoms in total. The highest BCUT2D eigenvalue weighted by Crippen LogP contribution is 2.36. The molecule has 0 unspecified atom stereocenters. The summed E-state index contributed by atoms with van der Waals surface area (Å²) in [4.78, 5) is 4.77. The summed E-state index contributed by atoms with van der Waals surface area (Å²) in [5, 5.41) is 3.40. The molecule has 0 aliphatic rings. The van der Waals surface area contributed by atoms with Crippen molar-refractivity contribution in [3.8, 4) is 0 Å². The van der Waals surface area contributed by atoms with E-state index in [1.54, 1.807) is 0 Å². The van der Waals surface area contributed by atoms with Crippen LogP contribution in [0.5, 0.6) is 0 Å². The molecule has 0 amide bonds. The molecular formula is C17H18BrN3. The van der Waals surface area contributed by atoms with E-state index >= 15 is 0 Å². The largest absolute Gasteiger partial charge is 0.308 e. The van der Waals surface area contributed by atoms with Gasteiger partial charge in [0.25, 0.3) is 0 Å². The Morgan fingerprint density at radius 2 is 1.76 bits per heavy atom. The molecule has 0 atom stereocenters. The maximum Gasteiger partial charge on any atom is 0.144 e. The zero-order valence-electron chi connectivity index (χ0n) is 12.4. The van der Waals surface area contributed by atoms with Crippen molar-refractivity contribution in [1.29, 1.82) is 0 Å². The van der Waals surface area contributed by atoms with Gasteiger partial charge >= 0.3 is 0 Å². The Morgan fingerprint density at radius 1 is 1.10 bits per heavy atom. The topological polar surface area (TPSA) is 50.9 Å². The molecule has 3 aromatic rings. The van der Waals surface area contributed by atoms with Gasteiger partial charge in [-0.2, -0.15) is 0 Å². The van der Waals surface area contributed by atoms with E-state index in [1.165, 1.54) is 0 Å². The molecule has 0 fully saturated rings. The number of hydrazine groups is 1. The van der Waals surface area contributed by atoms with E-state index in [9.17, 15) is 0 Å². The van der Waals surface area contributed by atoms with Gasteiger partial charge < -0.3 is 5.43 Å². The van der Waals surface area contributed by atoms with Crippen molar-refractivity contribution in [2.45, 2.75) is 26.2 Å². The molecule has 0 radical (unpaired) electrons. The molecule has 1 aromatic heterocycles. The van der Waals surface area contributed by atoms with Crippen LogP contribution in [0.4, 0.5) is 5.82 Å². The number of rotatable bonds is 1. The summed E-state index contributed by atoms with van der Waals surface area (Å²) in [7, 11) is 0. The second kappa shape index (κ2) is 4.97. The molecule has 3 N–H and O–H groups in total. The lowest BCUT2D eigenvalue weighted by Gasteiger charge is -2.22. The van der Waals surface area contributed by atoms with E-state index in [1.807, 2.05) is 12.1 Å². The molecule has 1 heterocycles. The summed E-state index contributed by atoms with van der Waals surface area (Å²) < 4.78 is 1.08. The number of nitrogen functional groups attached to an aromatic ring is 1. The number of anilines is 1. The lowest BCUT2D eigenvalue weighted by atomic mass is 9.86. The van der Waals surface area contributed by atoms with Gasteiger partial charge in [0.1, 0.15) is 5.82 Å². The molecular weight excluding hydrogens is 326 g/mol. The Kier molecular flexibility index (Phi) is 3.38.